The Labute approximate surface area is 252 Å². The minimum atomic E-state index is -0.441. The molecule has 0 spiro atoms. The van der Waals surface area contributed by atoms with Gasteiger partial charge in [0.15, 0.2) is 5.82 Å². The highest BCUT2D eigenvalue weighted by Crippen LogP contribution is 2.32. The summed E-state index contributed by atoms with van der Waals surface area (Å²) >= 11 is 0. The molecule has 1 aromatic carbocycles. The Hall–Kier alpha value is -2.69. The lowest BCUT2D eigenvalue weighted by Gasteiger charge is -2.37. The first kappa shape index (κ1) is 32.8. The molecular formula is C29H40Cl2F2N6O2. The monoisotopic (exact) mass is 612 g/mol. The van der Waals surface area contributed by atoms with Gasteiger partial charge in [0.1, 0.15) is 23.2 Å². The minimum absolute atomic E-state index is 0. The summed E-state index contributed by atoms with van der Waals surface area (Å²) in [5, 5.41) is 4.07. The maximum Gasteiger partial charge on any atom is 0.324 e. The maximum atomic E-state index is 14.3. The van der Waals surface area contributed by atoms with Crippen LogP contribution in [0.3, 0.4) is 0 Å². The Morgan fingerprint density at radius 3 is 2.46 bits per heavy atom. The lowest BCUT2D eigenvalue weighted by atomic mass is 9.85. The summed E-state index contributed by atoms with van der Waals surface area (Å²) < 4.78 is 39.3. The number of hydrogen-bond donors (Lipinski definition) is 1. The third kappa shape index (κ3) is 8.20. The van der Waals surface area contributed by atoms with E-state index in [9.17, 15) is 8.78 Å². The van der Waals surface area contributed by atoms with Crippen molar-refractivity contribution in [2.45, 2.75) is 63.8 Å². The molecule has 0 amide bonds. The lowest BCUT2D eigenvalue weighted by Crippen LogP contribution is -2.48. The van der Waals surface area contributed by atoms with Gasteiger partial charge in [0.2, 0.25) is 0 Å². The molecule has 8 nitrogen and oxygen atoms in total. The number of aromatic nitrogens is 3. The SMILES string of the molecule is CC(C)c1noc(N2CCC(CCCOc3ccc(N4CC[C@@H](c5cc(F)ccc5F)[C@H](N)C4)nc3)CC2)n1.Cl.Cl. The second kappa shape index (κ2) is 15.0. The molecule has 2 saturated heterocycles. The Kier molecular flexibility index (Phi) is 12.0. The van der Waals surface area contributed by atoms with E-state index >= 15 is 0 Å². The Bertz CT molecular complexity index is 1220. The van der Waals surface area contributed by atoms with E-state index in [-0.39, 0.29) is 42.7 Å². The first-order chi connectivity index (χ1) is 18.9. The average molecular weight is 614 g/mol. The Morgan fingerprint density at radius 1 is 1.05 bits per heavy atom. The summed E-state index contributed by atoms with van der Waals surface area (Å²) in [5.74, 6) is 2.19. The van der Waals surface area contributed by atoms with Gasteiger partial charge in [-0.1, -0.05) is 19.0 Å². The summed E-state index contributed by atoms with van der Waals surface area (Å²) in [6, 6.07) is 7.77. The molecule has 0 bridgehead atoms. The van der Waals surface area contributed by atoms with E-state index in [1.54, 1.807) is 6.20 Å². The van der Waals surface area contributed by atoms with Gasteiger partial charge in [-0.25, -0.2) is 13.8 Å². The van der Waals surface area contributed by atoms with Crippen LogP contribution < -0.4 is 20.3 Å². The van der Waals surface area contributed by atoms with Crippen molar-refractivity contribution in [3.05, 3.63) is 59.6 Å². The molecule has 0 unspecified atom stereocenters. The van der Waals surface area contributed by atoms with Crippen LogP contribution in [0.5, 0.6) is 5.75 Å². The Morgan fingerprint density at radius 2 is 1.80 bits per heavy atom. The number of piperidine rings is 2. The third-order valence-corrected chi connectivity index (χ3v) is 7.92. The molecule has 0 saturated carbocycles. The van der Waals surface area contributed by atoms with Crippen LogP contribution >= 0.6 is 24.8 Å². The number of nitrogens with zero attached hydrogens (tertiary/aromatic N) is 5. The fourth-order valence-corrected chi connectivity index (χ4v) is 5.58. The summed E-state index contributed by atoms with van der Waals surface area (Å²) in [7, 11) is 0. The molecule has 0 aliphatic carbocycles. The van der Waals surface area contributed by atoms with Crippen molar-refractivity contribution < 1.29 is 18.0 Å². The van der Waals surface area contributed by atoms with E-state index in [2.05, 4.69) is 38.8 Å². The molecule has 3 aromatic rings. The molecule has 12 heteroatoms. The summed E-state index contributed by atoms with van der Waals surface area (Å²) in [6.07, 6.45) is 6.71. The van der Waals surface area contributed by atoms with Gasteiger partial charge in [-0.15, -0.1) is 24.8 Å². The first-order valence-corrected chi connectivity index (χ1v) is 14.0. The zero-order valence-corrected chi connectivity index (χ0v) is 25.2. The fraction of sp³-hybridized carbons (Fsp3) is 0.552. The zero-order valence-electron chi connectivity index (χ0n) is 23.5. The number of benzene rings is 1. The molecule has 5 rings (SSSR count). The molecular weight excluding hydrogens is 573 g/mol. The van der Waals surface area contributed by atoms with Gasteiger partial charge in [0, 0.05) is 44.1 Å². The second-order valence-electron chi connectivity index (χ2n) is 11.0. The van der Waals surface area contributed by atoms with Crippen molar-refractivity contribution in [3.63, 3.8) is 0 Å². The summed E-state index contributed by atoms with van der Waals surface area (Å²) in [6.45, 7) is 7.85. The highest BCUT2D eigenvalue weighted by molar-refractivity contribution is 5.85. The van der Waals surface area contributed by atoms with Crippen LogP contribution in [-0.4, -0.2) is 54.0 Å². The number of halogens is 4. The van der Waals surface area contributed by atoms with Crippen molar-refractivity contribution >= 4 is 36.6 Å². The van der Waals surface area contributed by atoms with Gasteiger partial charge in [-0.2, -0.15) is 4.98 Å². The van der Waals surface area contributed by atoms with Crippen molar-refractivity contribution in [2.75, 3.05) is 42.6 Å². The second-order valence-corrected chi connectivity index (χ2v) is 11.0. The van der Waals surface area contributed by atoms with E-state index in [0.717, 1.165) is 62.2 Å². The predicted molar refractivity (Wildman–Crippen MR) is 161 cm³/mol. The standard InChI is InChI=1S/C29H38F2N6O2.2ClH/c1-19(2)28-34-29(39-35-28)36-12-9-20(10-13-36)4-3-15-38-22-6-8-27(33-17-22)37-14-11-23(26(32)18-37)24-16-21(30)5-7-25(24)31;;/h5-8,16-17,19-20,23,26H,3-4,9-15,18,32H2,1-2H3;2*1H/t23-,26+;;/m0../s1. The smallest absolute Gasteiger partial charge is 0.324 e. The van der Waals surface area contributed by atoms with E-state index in [4.69, 9.17) is 15.0 Å². The molecule has 226 valence electrons. The fourth-order valence-electron chi connectivity index (χ4n) is 5.58. The topological polar surface area (TPSA) is 93.5 Å². The lowest BCUT2D eigenvalue weighted by molar-refractivity contribution is 0.275. The number of ether oxygens (including phenoxy) is 1. The van der Waals surface area contributed by atoms with Crippen LogP contribution in [0.4, 0.5) is 20.6 Å². The van der Waals surface area contributed by atoms with E-state index in [1.807, 2.05) is 12.1 Å². The number of pyridine rings is 1. The quantitative estimate of drug-likeness (QED) is 0.289. The third-order valence-electron chi connectivity index (χ3n) is 7.92. The van der Waals surface area contributed by atoms with Crippen LogP contribution in [0, 0.1) is 17.6 Å². The number of rotatable bonds is 9. The molecule has 2 aliphatic heterocycles. The van der Waals surface area contributed by atoms with E-state index in [0.29, 0.717) is 43.6 Å². The van der Waals surface area contributed by atoms with Gasteiger partial charge >= 0.3 is 6.01 Å². The van der Waals surface area contributed by atoms with Crippen molar-refractivity contribution in [3.8, 4) is 5.75 Å². The van der Waals surface area contributed by atoms with E-state index in [1.165, 1.54) is 12.1 Å². The maximum absolute atomic E-state index is 14.3. The molecule has 41 heavy (non-hydrogen) atoms. The van der Waals surface area contributed by atoms with E-state index < -0.39 is 11.6 Å². The highest BCUT2D eigenvalue weighted by atomic mass is 35.5. The molecule has 0 radical (unpaired) electrons. The van der Waals surface area contributed by atoms with Crippen molar-refractivity contribution in [1.82, 2.24) is 15.1 Å². The van der Waals surface area contributed by atoms with Gasteiger partial charge in [-0.3, -0.25) is 0 Å². The minimum Gasteiger partial charge on any atom is -0.492 e. The number of hydrogen-bond acceptors (Lipinski definition) is 8. The van der Waals surface area contributed by atoms with Gasteiger partial charge in [-0.05, 0) is 73.9 Å². The molecule has 2 aliphatic rings. The van der Waals surface area contributed by atoms with Gasteiger partial charge in [0.05, 0.1) is 12.8 Å². The molecule has 2 fully saturated rings. The molecule has 2 aromatic heterocycles. The summed E-state index contributed by atoms with van der Waals surface area (Å²) in [5.41, 5.74) is 6.74. The van der Waals surface area contributed by atoms with Crippen molar-refractivity contribution in [1.29, 1.82) is 0 Å². The van der Waals surface area contributed by atoms with Gasteiger partial charge < -0.3 is 24.8 Å². The van der Waals surface area contributed by atoms with Crippen LogP contribution in [0.1, 0.15) is 69.2 Å². The van der Waals surface area contributed by atoms with Crippen LogP contribution in [0.15, 0.2) is 41.1 Å². The number of anilines is 2. The number of nitrogens with two attached hydrogens (primary N) is 1. The highest BCUT2D eigenvalue weighted by Gasteiger charge is 2.30. The van der Waals surface area contributed by atoms with Crippen LogP contribution in [-0.2, 0) is 0 Å². The molecule has 2 atom stereocenters. The van der Waals surface area contributed by atoms with Crippen LogP contribution in [0.25, 0.3) is 0 Å². The Balaban J connectivity index is 0.00000231. The molecule has 4 heterocycles. The summed E-state index contributed by atoms with van der Waals surface area (Å²) in [4.78, 5) is 13.4. The van der Waals surface area contributed by atoms with Gasteiger partial charge in [0.25, 0.3) is 0 Å². The first-order valence-electron chi connectivity index (χ1n) is 14.0. The normalized spacial score (nSPS) is 19.6. The zero-order chi connectivity index (χ0) is 27.4. The van der Waals surface area contributed by atoms with Crippen LogP contribution in [0.2, 0.25) is 0 Å². The van der Waals surface area contributed by atoms with Crippen molar-refractivity contribution in [2.24, 2.45) is 11.7 Å². The average Bonchev–Trinajstić information content (AvgIpc) is 3.44. The predicted octanol–water partition coefficient (Wildman–Crippen LogP) is 6.11. The largest absolute Gasteiger partial charge is 0.492 e. The molecule has 2 N–H and O–H groups in total.